The van der Waals surface area contributed by atoms with Crippen LogP contribution in [-0.2, 0) is 21.1 Å². The first-order chi connectivity index (χ1) is 16.5. The van der Waals surface area contributed by atoms with Gasteiger partial charge in [0.1, 0.15) is 17.2 Å². The predicted octanol–water partition coefficient (Wildman–Crippen LogP) is 4.41. The quantitative estimate of drug-likeness (QED) is 0.399. The van der Waals surface area contributed by atoms with Crippen LogP contribution in [-0.4, -0.2) is 28.2 Å². The van der Waals surface area contributed by atoms with Crippen LogP contribution in [0, 0.1) is 0 Å². The third-order valence-corrected chi connectivity index (χ3v) is 6.16. The highest BCUT2D eigenvalue weighted by atomic mass is 16.5. The fourth-order valence-electron chi connectivity index (χ4n) is 4.39. The molecule has 8 heteroatoms. The second-order valence-electron chi connectivity index (χ2n) is 8.30. The molecule has 0 aliphatic heterocycles. The minimum atomic E-state index is -0.0581. The van der Waals surface area contributed by atoms with Crippen molar-refractivity contribution in [3.05, 3.63) is 89.7 Å². The van der Waals surface area contributed by atoms with E-state index in [4.69, 9.17) is 9.72 Å². The Morgan fingerprint density at radius 2 is 1.56 bits per heavy atom. The minimum Gasteiger partial charge on any atom is -0.457 e. The smallest absolute Gasteiger partial charge is 0.328 e. The number of para-hydroxylation sites is 1. The van der Waals surface area contributed by atoms with Gasteiger partial charge in [-0.25, -0.2) is 14.8 Å². The van der Waals surface area contributed by atoms with Gasteiger partial charge in [0.05, 0.1) is 34.6 Å². The van der Waals surface area contributed by atoms with Crippen LogP contribution in [0.5, 0.6) is 11.5 Å². The molecule has 0 radical (unpaired) electrons. The number of ether oxygens (including phenoxy) is 1. The standard InChI is InChI=1S/C26H22N6O2/c1-29-16-27-15-24(29)25-28-20-14-19(34-18-7-5-4-6-8-18)10-12-21(20)32(25)17-9-11-22-23(13-17)31(3)26(33)30(22)2/h4-16H,1-3H3. The Balaban J connectivity index is 1.57. The van der Waals surface area contributed by atoms with Gasteiger partial charge in [-0.2, -0.15) is 0 Å². The molecule has 0 saturated carbocycles. The van der Waals surface area contributed by atoms with Crippen LogP contribution in [0.25, 0.3) is 39.3 Å². The van der Waals surface area contributed by atoms with E-state index < -0.39 is 0 Å². The van der Waals surface area contributed by atoms with Gasteiger partial charge in [-0.05, 0) is 42.5 Å². The second-order valence-corrected chi connectivity index (χ2v) is 8.30. The molecule has 0 aliphatic carbocycles. The van der Waals surface area contributed by atoms with Crippen LogP contribution in [0.2, 0.25) is 0 Å². The summed E-state index contributed by atoms with van der Waals surface area (Å²) < 4.78 is 13.4. The third kappa shape index (κ3) is 3.03. The molecule has 3 heterocycles. The van der Waals surface area contributed by atoms with E-state index in [1.165, 1.54) is 0 Å². The number of imidazole rings is 3. The topological polar surface area (TPSA) is 71.8 Å². The highest BCUT2D eigenvalue weighted by Gasteiger charge is 2.19. The molecular formula is C26H22N6O2. The Kier molecular flexibility index (Phi) is 4.41. The summed E-state index contributed by atoms with van der Waals surface area (Å²) in [5.74, 6) is 2.23. The lowest BCUT2D eigenvalue weighted by molar-refractivity contribution is 0.483. The lowest BCUT2D eigenvalue weighted by atomic mass is 10.2. The number of hydrogen-bond acceptors (Lipinski definition) is 4. The average Bonchev–Trinajstić information content (AvgIpc) is 3.50. The molecule has 0 N–H and O–H groups in total. The molecule has 0 unspecified atom stereocenters. The summed E-state index contributed by atoms with van der Waals surface area (Å²) in [5.41, 5.74) is 5.18. The van der Waals surface area contributed by atoms with E-state index in [0.29, 0.717) is 5.75 Å². The average molecular weight is 451 g/mol. The summed E-state index contributed by atoms with van der Waals surface area (Å²) >= 11 is 0. The number of aryl methyl sites for hydroxylation is 3. The zero-order valence-corrected chi connectivity index (χ0v) is 19.0. The number of benzene rings is 3. The Bertz CT molecular complexity index is 1740. The molecule has 0 bridgehead atoms. The number of nitrogens with zero attached hydrogens (tertiary/aromatic N) is 6. The van der Waals surface area contributed by atoms with Gasteiger partial charge in [-0.1, -0.05) is 18.2 Å². The number of hydrogen-bond donors (Lipinski definition) is 0. The molecule has 3 aromatic carbocycles. The summed E-state index contributed by atoms with van der Waals surface area (Å²) in [4.78, 5) is 21.7. The maximum Gasteiger partial charge on any atom is 0.328 e. The number of aromatic nitrogens is 6. The Morgan fingerprint density at radius 3 is 2.32 bits per heavy atom. The van der Waals surface area contributed by atoms with Gasteiger partial charge in [0, 0.05) is 32.9 Å². The van der Waals surface area contributed by atoms with E-state index in [0.717, 1.165) is 45.0 Å². The zero-order valence-electron chi connectivity index (χ0n) is 19.0. The van der Waals surface area contributed by atoms with Gasteiger partial charge in [0.15, 0.2) is 5.82 Å². The highest BCUT2D eigenvalue weighted by molar-refractivity contribution is 5.86. The molecule has 0 spiro atoms. The van der Waals surface area contributed by atoms with Crippen LogP contribution in [0.3, 0.4) is 0 Å². The highest BCUT2D eigenvalue weighted by Crippen LogP contribution is 2.32. The minimum absolute atomic E-state index is 0.0581. The van der Waals surface area contributed by atoms with Gasteiger partial charge in [-0.15, -0.1) is 0 Å². The lowest BCUT2D eigenvalue weighted by Crippen LogP contribution is -2.19. The van der Waals surface area contributed by atoms with Crippen molar-refractivity contribution in [2.75, 3.05) is 0 Å². The maximum absolute atomic E-state index is 12.5. The van der Waals surface area contributed by atoms with Crippen molar-refractivity contribution in [2.24, 2.45) is 21.1 Å². The van der Waals surface area contributed by atoms with Crippen LogP contribution in [0.15, 0.2) is 84.0 Å². The fourth-order valence-corrected chi connectivity index (χ4v) is 4.39. The summed E-state index contributed by atoms with van der Waals surface area (Å²) in [6.07, 6.45) is 3.56. The van der Waals surface area contributed by atoms with Crippen molar-refractivity contribution in [3.63, 3.8) is 0 Å². The van der Waals surface area contributed by atoms with Crippen LogP contribution >= 0.6 is 0 Å². The van der Waals surface area contributed by atoms with Crippen molar-refractivity contribution in [2.45, 2.75) is 0 Å². The molecule has 0 fully saturated rings. The Labute approximate surface area is 194 Å². The van der Waals surface area contributed by atoms with Crippen molar-refractivity contribution in [1.82, 2.24) is 28.2 Å². The molecule has 6 aromatic rings. The maximum atomic E-state index is 12.5. The SMILES string of the molecule is Cn1cncc1-c1nc2cc(Oc3ccccc3)ccc2n1-c1ccc2c(c1)n(C)c(=O)n2C. The largest absolute Gasteiger partial charge is 0.457 e. The van der Waals surface area contributed by atoms with Crippen molar-refractivity contribution >= 4 is 22.1 Å². The Morgan fingerprint density at radius 1 is 0.794 bits per heavy atom. The van der Waals surface area contributed by atoms with Gasteiger partial charge in [0.25, 0.3) is 0 Å². The van der Waals surface area contributed by atoms with Crippen molar-refractivity contribution < 1.29 is 4.74 Å². The molecule has 0 aliphatic rings. The van der Waals surface area contributed by atoms with E-state index in [-0.39, 0.29) is 5.69 Å². The van der Waals surface area contributed by atoms with Gasteiger partial charge in [-0.3, -0.25) is 13.7 Å². The zero-order chi connectivity index (χ0) is 23.4. The van der Waals surface area contributed by atoms with Crippen molar-refractivity contribution in [1.29, 1.82) is 0 Å². The van der Waals surface area contributed by atoms with E-state index in [1.807, 2.05) is 78.3 Å². The third-order valence-electron chi connectivity index (χ3n) is 6.16. The summed E-state index contributed by atoms with van der Waals surface area (Å²) in [6, 6.07) is 21.6. The lowest BCUT2D eigenvalue weighted by Gasteiger charge is -2.11. The number of fused-ring (bicyclic) bond motifs is 2. The fraction of sp³-hybridized carbons (Fsp3) is 0.115. The van der Waals surface area contributed by atoms with Gasteiger partial charge < -0.3 is 9.30 Å². The van der Waals surface area contributed by atoms with Crippen LogP contribution < -0.4 is 10.4 Å². The molecule has 34 heavy (non-hydrogen) atoms. The van der Waals surface area contributed by atoms with Gasteiger partial charge >= 0.3 is 5.69 Å². The molecular weight excluding hydrogens is 428 g/mol. The summed E-state index contributed by atoms with van der Waals surface area (Å²) in [7, 11) is 5.52. The first-order valence-electron chi connectivity index (χ1n) is 10.9. The van der Waals surface area contributed by atoms with Crippen LogP contribution in [0.4, 0.5) is 0 Å². The summed E-state index contributed by atoms with van der Waals surface area (Å²) in [6.45, 7) is 0. The van der Waals surface area contributed by atoms with E-state index in [1.54, 1.807) is 35.8 Å². The van der Waals surface area contributed by atoms with E-state index >= 15 is 0 Å². The summed E-state index contributed by atoms with van der Waals surface area (Å²) in [5, 5.41) is 0. The number of rotatable bonds is 4. The van der Waals surface area contributed by atoms with Gasteiger partial charge in [0.2, 0.25) is 0 Å². The van der Waals surface area contributed by atoms with E-state index in [2.05, 4.69) is 9.55 Å². The normalized spacial score (nSPS) is 11.5. The first kappa shape index (κ1) is 20.0. The molecule has 0 saturated heterocycles. The molecule has 3 aromatic heterocycles. The van der Waals surface area contributed by atoms with E-state index in [9.17, 15) is 4.79 Å². The molecule has 168 valence electrons. The predicted molar refractivity (Wildman–Crippen MR) is 132 cm³/mol. The second kappa shape index (κ2) is 7.48. The van der Waals surface area contributed by atoms with Crippen molar-refractivity contribution in [3.8, 4) is 28.7 Å². The molecule has 0 amide bonds. The monoisotopic (exact) mass is 450 g/mol. The molecule has 6 rings (SSSR count). The first-order valence-corrected chi connectivity index (χ1v) is 10.9. The Hall–Kier alpha value is -4.59. The molecule has 0 atom stereocenters. The van der Waals surface area contributed by atoms with Crippen LogP contribution in [0.1, 0.15) is 0 Å². The molecule has 8 nitrogen and oxygen atoms in total.